The van der Waals surface area contributed by atoms with Gasteiger partial charge in [0, 0.05) is 31.2 Å². The summed E-state index contributed by atoms with van der Waals surface area (Å²) in [6.45, 7) is 4.70. The number of hydrogen-bond acceptors (Lipinski definition) is 4. The first-order chi connectivity index (χ1) is 11.0. The number of anilines is 1. The van der Waals surface area contributed by atoms with Crippen LogP contribution in [0.3, 0.4) is 0 Å². The summed E-state index contributed by atoms with van der Waals surface area (Å²) < 4.78 is 0. The number of hydrogen-bond donors (Lipinski definition) is 1. The number of rotatable bonds is 6. The Bertz CT molecular complexity index is 672. The molecule has 0 fully saturated rings. The largest absolute Gasteiger partial charge is 0.378 e. The van der Waals surface area contributed by atoms with E-state index in [-0.39, 0.29) is 5.91 Å². The van der Waals surface area contributed by atoms with Gasteiger partial charge in [0.05, 0.1) is 12.2 Å². The molecule has 1 aromatic carbocycles. The Kier molecular flexibility index (Phi) is 5.93. The molecule has 0 aliphatic rings. The number of thiazole rings is 1. The second kappa shape index (κ2) is 7.92. The van der Waals surface area contributed by atoms with Crippen molar-refractivity contribution in [1.82, 2.24) is 10.3 Å². The summed E-state index contributed by atoms with van der Waals surface area (Å²) in [4.78, 5) is 18.4. The SMILES string of the molecule is CC(C)c1csc(CNC(=O)/C=C/c2ccc(N(C)C)cc2)n1. The predicted octanol–water partition coefficient (Wildman–Crippen LogP) is 3.66. The summed E-state index contributed by atoms with van der Waals surface area (Å²) in [6.07, 6.45) is 3.37. The van der Waals surface area contributed by atoms with Gasteiger partial charge in [0.1, 0.15) is 5.01 Å². The van der Waals surface area contributed by atoms with Gasteiger partial charge in [0.25, 0.3) is 0 Å². The van der Waals surface area contributed by atoms with Gasteiger partial charge in [-0.15, -0.1) is 11.3 Å². The molecule has 0 saturated heterocycles. The lowest BCUT2D eigenvalue weighted by atomic mass is 10.2. The maximum Gasteiger partial charge on any atom is 0.244 e. The highest BCUT2D eigenvalue weighted by Crippen LogP contribution is 2.17. The zero-order valence-electron chi connectivity index (χ0n) is 14.0. The second-order valence-corrected chi connectivity index (χ2v) is 6.80. The van der Waals surface area contributed by atoms with Crippen molar-refractivity contribution in [2.24, 2.45) is 0 Å². The minimum atomic E-state index is -0.108. The Hall–Kier alpha value is -2.14. The molecule has 2 aromatic rings. The molecule has 0 spiro atoms. The lowest BCUT2D eigenvalue weighted by Gasteiger charge is -2.11. The van der Waals surface area contributed by atoms with Crippen molar-refractivity contribution in [3.63, 3.8) is 0 Å². The van der Waals surface area contributed by atoms with Crippen LogP contribution in [0.4, 0.5) is 5.69 Å². The molecule has 1 aromatic heterocycles. The van der Waals surface area contributed by atoms with E-state index in [1.54, 1.807) is 17.4 Å². The van der Waals surface area contributed by atoms with Crippen molar-refractivity contribution in [2.75, 3.05) is 19.0 Å². The van der Waals surface area contributed by atoms with Gasteiger partial charge in [-0.1, -0.05) is 26.0 Å². The molecular weight excluding hydrogens is 306 g/mol. The molecule has 1 heterocycles. The van der Waals surface area contributed by atoms with Gasteiger partial charge in [-0.25, -0.2) is 4.98 Å². The molecular formula is C18H23N3OS. The highest BCUT2D eigenvalue weighted by Gasteiger charge is 2.06. The van der Waals surface area contributed by atoms with Gasteiger partial charge in [0.15, 0.2) is 0 Å². The molecule has 0 aliphatic carbocycles. The Morgan fingerprint density at radius 2 is 2.00 bits per heavy atom. The Morgan fingerprint density at radius 1 is 1.30 bits per heavy atom. The van der Waals surface area contributed by atoms with Gasteiger partial charge in [-0.3, -0.25) is 4.79 Å². The topological polar surface area (TPSA) is 45.2 Å². The summed E-state index contributed by atoms with van der Waals surface area (Å²) in [5, 5.41) is 5.85. The van der Waals surface area contributed by atoms with E-state index in [9.17, 15) is 4.79 Å². The molecule has 0 aliphatic heterocycles. The van der Waals surface area contributed by atoms with E-state index in [1.807, 2.05) is 54.7 Å². The third kappa shape index (κ3) is 5.21. The average Bonchev–Trinajstić information content (AvgIpc) is 3.00. The lowest BCUT2D eigenvalue weighted by Crippen LogP contribution is -2.20. The van der Waals surface area contributed by atoms with Crippen LogP contribution >= 0.6 is 11.3 Å². The van der Waals surface area contributed by atoms with Crippen molar-refractivity contribution in [2.45, 2.75) is 26.3 Å². The molecule has 1 amide bonds. The summed E-state index contributed by atoms with van der Waals surface area (Å²) >= 11 is 1.58. The van der Waals surface area contributed by atoms with E-state index in [0.29, 0.717) is 12.5 Å². The van der Waals surface area contributed by atoms with E-state index in [4.69, 9.17) is 0 Å². The summed E-state index contributed by atoms with van der Waals surface area (Å²) in [5.41, 5.74) is 3.22. The van der Waals surface area contributed by atoms with E-state index >= 15 is 0 Å². The lowest BCUT2D eigenvalue weighted by molar-refractivity contribution is -0.116. The smallest absolute Gasteiger partial charge is 0.244 e. The third-order valence-electron chi connectivity index (χ3n) is 3.41. The van der Waals surface area contributed by atoms with Gasteiger partial charge in [-0.2, -0.15) is 0 Å². The molecule has 0 bridgehead atoms. The zero-order chi connectivity index (χ0) is 16.8. The molecule has 23 heavy (non-hydrogen) atoms. The van der Waals surface area contributed by atoms with Crippen molar-refractivity contribution in [3.8, 4) is 0 Å². The van der Waals surface area contributed by atoms with Crippen LogP contribution in [0, 0.1) is 0 Å². The van der Waals surface area contributed by atoms with Gasteiger partial charge >= 0.3 is 0 Å². The van der Waals surface area contributed by atoms with Crippen molar-refractivity contribution in [1.29, 1.82) is 0 Å². The summed E-state index contributed by atoms with van der Waals surface area (Å²) in [7, 11) is 4.00. The fourth-order valence-electron chi connectivity index (χ4n) is 1.95. The van der Waals surface area contributed by atoms with Gasteiger partial charge < -0.3 is 10.2 Å². The first-order valence-corrected chi connectivity index (χ1v) is 8.51. The van der Waals surface area contributed by atoms with E-state index in [2.05, 4.69) is 24.1 Å². The number of carbonyl (C=O) groups is 1. The highest BCUT2D eigenvalue weighted by molar-refractivity contribution is 7.09. The standard InChI is InChI=1S/C18H23N3OS/c1-13(2)16-12-23-18(20-16)11-19-17(22)10-7-14-5-8-15(9-6-14)21(3)4/h5-10,12-13H,11H2,1-4H3,(H,19,22)/b10-7+. The zero-order valence-corrected chi connectivity index (χ0v) is 14.9. The molecule has 122 valence electrons. The number of benzene rings is 1. The summed E-state index contributed by atoms with van der Waals surface area (Å²) in [6, 6.07) is 8.05. The molecule has 5 heteroatoms. The van der Waals surface area contributed by atoms with Gasteiger partial charge in [-0.05, 0) is 29.7 Å². The van der Waals surface area contributed by atoms with Crippen LogP contribution in [-0.2, 0) is 11.3 Å². The van der Waals surface area contributed by atoms with Crippen molar-refractivity contribution in [3.05, 3.63) is 52.0 Å². The third-order valence-corrected chi connectivity index (χ3v) is 4.28. The fourth-order valence-corrected chi connectivity index (χ4v) is 2.84. The number of aromatic nitrogens is 1. The van der Waals surface area contributed by atoms with Crippen LogP contribution in [0.2, 0.25) is 0 Å². The molecule has 1 N–H and O–H groups in total. The van der Waals surface area contributed by atoms with Crippen LogP contribution in [0.15, 0.2) is 35.7 Å². The van der Waals surface area contributed by atoms with Crippen LogP contribution in [0.5, 0.6) is 0 Å². The monoisotopic (exact) mass is 329 g/mol. The molecule has 4 nitrogen and oxygen atoms in total. The van der Waals surface area contributed by atoms with E-state index < -0.39 is 0 Å². The van der Waals surface area contributed by atoms with Crippen LogP contribution in [0.25, 0.3) is 6.08 Å². The number of nitrogens with one attached hydrogen (secondary N) is 1. The van der Waals surface area contributed by atoms with E-state index in [0.717, 1.165) is 22.0 Å². The quantitative estimate of drug-likeness (QED) is 0.823. The highest BCUT2D eigenvalue weighted by atomic mass is 32.1. The molecule has 2 rings (SSSR count). The van der Waals surface area contributed by atoms with Gasteiger partial charge in [0.2, 0.25) is 5.91 Å². The fraction of sp³-hybridized carbons (Fsp3) is 0.333. The minimum absolute atomic E-state index is 0.108. The number of nitrogens with zero attached hydrogens (tertiary/aromatic N) is 2. The Balaban J connectivity index is 1.86. The van der Waals surface area contributed by atoms with Crippen LogP contribution in [-0.4, -0.2) is 25.0 Å². The molecule has 0 saturated carbocycles. The average molecular weight is 329 g/mol. The van der Waals surface area contributed by atoms with E-state index in [1.165, 1.54) is 0 Å². The maximum atomic E-state index is 11.9. The molecule has 0 radical (unpaired) electrons. The predicted molar refractivity (Wildman–Crippen MR) is 97.9 cm³/mol. The normalized spacial score (nSPS) is 11.2. The molecule has 0 atom stereocenters. The second-order valence-electron chi connectivity index (χ2n) is 5.86. The number of amides is 1. The summed E-state index contributed by atoms with van der Waals surface area (Å²) in [5.74, 6) is 0.309. The first-order valence-electron chi connectivity index (χ1n) is 7.63. The first kappa shape index (κ1) is 17.2. The number of carbonyl (C=O) groups excluding carboxylic acids is 1. The maximum absolute atomic E-state index is 11.9. The van der Waals surface area contributed by atoms with Crippen LogP contribution < -0.4 is 10.2 Å². The Labute approximate surface area is 141 Å². The van der Waals surface area contributed by atoms with Crippen molar-refractivity contribution < 1.29 is 4.79 Å². The minimum Gasteiger partial charge on any atom is -0.378 e. The van der Waals surface area contributed by atoms with Crippen LogP contribution in [0.1, 0.15) is 36.0 Å². The van der Waals surface area contributed by atoms with Crippen molar-refractivity contribution >= 4 is 29.0 Å². The molecule has 0 unspecified atom stereocenters. The Morgan fingerprint density at radius 3 is 2.57 bits per heavy atom.